The van der Waals surface area contributed by atoms with E-state index in [0.29, 0.717) is 6.54 Å². The van der Waals surface area contributed by atoms with Gasteiger partial charge in [0.2, 0.25) is 5.91 Å². The fraction of sp³-hybridized carbons (Fsp3) is 0.917. The summed E-state index contributed by atoms with van der Waals surface area (Å²) < 4.78 is 5.34. The zero-order valence-electron chi connectivity index (χ0n) is 10.6. The molecule has 1 aliphatic rings. The minimum atomic E-state index is 0.0747. The van der Waals surface area contributed by atoms with Crippen molar-refractivity contribution >= 4 is 5.91 Å². The average Bonchev–Trinajstić information content (AvgIpc) is 2.17. The number of rotatable bonds is 5. The van der Waals surface area contributed by atoms with Crippen LogP contribution in [0.4, 0.5) is 0 Å². The number of hydrogen-bond donors (Lipinski definition) is 2. The summed E-state index contributed by atoms with van der Waals surface area (Å²) in [4.78, 5) is 11.4. The lowest BCUT2D eigenvalue weighted by atomic mass is 9.82. The molecule has 4 heteroatoms. The van der Waals surface area contributed by atoms with Gasteiger partial charge >= 0.3 is 0 Å². The first-order chi connectivity index (χ1) is 7.52. The van der Waals surface area contributed by atoms with Crippen LogP contribution in [0, 0.1) is 5.41 Å². The molecule has 1 fully saturated rings. The van der Waals surface area contributed by atoms with Crippen molar-refractivity contribution in [3.8, 4) is 0 Å². The Kier molecular flexibility index (Phi) is 5.22. The molecule has 0 bridgehead atoms. The monoisotopic (exact) mass is 228 g/mol. The van der Waals surface area contributed by atoms with Gasteiger partial charge in [-0.3, -0.25) is 4.79 Å². The van der Waals surface area contributed by atoms with Gasteiger partial charge in [0.05, 0.1) is 6.54 Å². The Labute approximate surface area is 98.1 Å². The molecule has 1 amide bonds. The molecule has 0 aliphatic carbocycles. The molecule has 2 N–H and O–H groups in total. The van der Waals surface area contributed by atoms with E-state index in [2.05, 4.69) is 17.6 Å². The van der Waals surface area contributed by atoms with Crippen molar-refractivity contribution in [1.29, 1.82) is 0 Å². The van der Waals surface area contributed by atoms with Crippen LogP contribution >= 0.6 is 0 Å². The molecule has 94 valence electrons. The van der Waals surface area contributed by atoms with Gasteiger partial charge in [-0.15, -0.1) is 0 Å². The topological polar surface area (TPSA) is 50.4 Å². The Bertz CT molecular complexity index is 223. The second kappa shape index (κ2) is 6.21. The molecule has 1 saturated heterocycles. The summed E-state index contributed by atoms with van der Waals surface area (Å²) in [7, 11) is 0. The van der Waals surface area contributed by atoms with Crippen LogP contribution in [0.2, 0.25) is 0 Å². The van der Waals surface area contributed by atoms with Gasteiger partial charge in [-0.25, -0.2) is 0 Å². The molecule has 4 nitrogen and oxygen atoms in total. The molecular weight excluding hydrogens is 204 g/mol. The van der Waals surface area contributed by atoms with E-state index in [1.807, 2.05) is 13.8 Å². The summed E-state index contributed by atoms with van der Waals surface area (Å²) in [6.07, 6.45) is 2.15. The molecule has 16 heavy (non-hydrogen) atoms. The van der Waals surface area contributed by atoms with Gasteiger partial charge in [0.25, 0.3) is 0 Å². The summed E-state index contributed by atoms with van der Waals surface area (Å²) in [6.45, 7) is 9.18. The fourth-order valence-electron chi connectivity index (χ4n) is 1.89. The van der Waals surface area contributed by atoms with Crippen LogP contribution in [0.25, 0.3) is 0 Å². The second-order valence-electron chi connectivity index (χ2n) is 5.25. The lowest BCUT2D eigenvalue weighted by Gasteiger charge is -2.33. The number of hydrogen-bond acceptors (Lipinski definition) is 3. The minimum absolute atomic E-state index is 0.0747. The highest BCUT2D eigenvalue weighted by Crippen LogP contribution is 2.28. The van der Waals surface area contributed by atoms with Gasteiger partial charge in [0, 0.05) is 25.8 Å². The van der Waals surface area contributed by atoms with Crippen LogP contribution in [-0.4, -0.2) is 38.3 Å². The SMILES string of the molecule is CC(C)NC(=O)CNCC1(C)CCOCC1. The highest BCUT2D eigenvalue weighted by atomic mass is 16.5. The van der Waals surface area contributed by atoms with Crippen molar-refractivity contribution in [2.75, 3.05) is 26.3 Å². The molecule has 1 rings (SSSR count). The molecule has 0 aromatic rings. The molecule has 0 unspecified atom stereocenters. The molecule has 1 aliphatic heterocycles. The first-order valence-corrected chi connectivity index (χ1v) is 6.10. The zero-order valence-corrected chi connectivity index (χ0v) is 10.6. The first-order valence-electron chi connectivity index (χ1n) is 6.10. The largest absolute Gasteiger partial charge is 0.381 e. The van der Waals surface area contributed by atoms with Gasteiger partial charge in [-0.1, -0.05) is 6.92 Å². The van der Waals surface area contributed by atoms with E-state index in [-0.39, 0.29) is 17.4 Å². The number of nitrogens with one attached hydrogen (secondary N) is 2. The van der Waals surface area contributed by atoms with Crippen LogP contribution in [-0.2, 0) is 9.53 Å². The second-order valence-corrected chi connectivity index (χ2v) is 5.25. The van der Waals surface area contributed by atoms with Crippen LogP contribution in [0.15, 0.2) is 0 Å². The van der Waals surface area contributed by atoms with Gasteiger partial charge in [-0.05, 0) is 32.1 Å². The van der Waals surface area contributed by atoms with Crippen molar-refractivity contribution in [2.24, 2.45) is 5.41 Å². The van der Waals surface area contributed by atoms with Crippen LogP contribution in [0.1, 0.15) is 33.6 Å². The number of amides is 1. The summed E-state index contributed by atoms with van der Waals surface area (Å²) in [5.74, 6) is 0.0747. The predicted octanol–water partition coefficient (Wildman–Crippen LogP) is 0.917. The Morgan fingerprint density at radius 1 is 1.38 bits per heavy atom. The van der Waals surface area contributed by atoms with Gasteiger partial charge in [0.1, 0.15) is 0 Å². The summed E-state index contributed by atoms with van der Waals surface area (Å²) in [5, 5.41) is 6.10. The van der Waals surface area contributed by atoms with E-state index in [1.54, 1.807) is 0 Å². The van der Waals surface area contributed by atoms with Gasteiger partial charge in [0.15, 0.2) is 0 Å². The van der Waals surface area contributed by atoms with E-state index in [1.165, 1.54) is 0 Å². The van der Waals surface area contributed by atoms with E-state index in [0.717, 1.165) is 32.6 Å². The Hall–Kier alpha value is -0.610. The number of carbonyl (C=O) groups excluding carboxylic acids is 1. The Morgan fingerprint density at radius 3 is 2.56 bits per heavy atom. The summed E-state index contributed by atoms with van der Waals surface area (Å²) in [6, 6.07) is 0.216. The lowest BCUT2D eigenvalue weighted by molar-refractivity contribution is -0.120. The summed E-state index contributed by atoms with van der Waals surface area (Å²) >= 11 is 0. The molecule has 0 aromatic heterocycles. The quantitative estimate of drug-likeness (QED) is 0.735. The normalized spacial score (nSPS) is 19.8. The average molecular weight is 228 g/mol. The van der Waals surface area contributed by atoms with Crippen molar-refractivity contribution in [3.05, 3.63) is 0 Å². The van der Waals surface area contributed by atoms with Crippen molar-refractivity contribution in [2.45, 2.75) is 39.7 Å². The van der Waals surface area contributed by atoms with E-state index in [4.69, 9.17) is 4.74 Å². The molecule has 0 aromatic carbocycles. The van der Waals surface area contributed by atoms with Crippen LogP contribution in [0.5, 0.6) is 0 Å². The van der Waals surface area contributed by atoms with Gasteiger partial charge < -0.3 is 15.4 Å². The zero-order chi connectivity index (χ0) is 12.0. The van der Waals surface area contributed by atoms with Gasteiger partial charge in [-0.2, -0.15) is 0 Å². The van der Waals surface area contributed by atoms with Crippen LogP contribution < -0.4 is 10.6 Å². The smallest absolute Gasteiger partial charge is 0.234 e. The molecule has 0 saturated carbocycles. The third-order valence-electron chi connectivity index (χ3n) is 2.99. The molecule has 0 spiro atoms. The number of carbonyl (C=O) groups is 1. The van der Waals surface area contributed by atoms with E-state index in [9.17, 15) is 4.79 Å². The standard InChI is InChI=1S/C12H24N2O2/c1-10(2)14-11(15)8-13-9-12(3)4-6-16-7-5-12/h10,13H,4-9H2,1-3H3,(H,14,15). The molecule has 0 radical (unpaired) electrons. The van der Waals surface area contributed by atoms with E-state index >= 15 is 0 Å². The molecule has 0 atom stereocenters. The van der Waals surface area contributed by atoms with Crippen molar-refractivity contribution in [1.82, 2.24) is 10.6 Å². The maximum atomic E-state index is 11.4. The molecule has 1 heterocycles. The third-order valence-corrected chi connectivity index (χ3v) is 2.99. The fourth-order valence-corrected chi connectivity index (χ4v) is 1.89. The minimum Gasteiger partial charge on any atom is -0.381 e. The molecular formula is C12H24N2O2. The number of ether oxygens (including phenoxy) is 1. The third kappa shape index (κ3) is 4.94. The predicted molar refractivity (Wildman–Crippen MR) is 64.3 cm³/mol. The Morgan fingerprint density at radius 2 is 2.00 bits per heavy atom. The maximum Gasteiger partial charge on any atom is 0.234 e. The highest BCUT2D eigenvalue weighted by Gasteiger charge is 2.26. The highest BCUT2D eigenvalue weighted by molar-refractivity contribution is 5.78. The van der Waals surface area contributed by atoms with Crippen molar-refractivity contribution in [3.63, 3.8) is 0 Å². The van der Waals surface area contributed by atoms with E-state index < -0.39 is 0 Å². The summed E-state index contributed by atoms with van der Waals surface area (Å²) in [5.41, 5.74) is 0.288. The lowest BCUT2D eigenvalue weighted by Crippen LogP contribution is -2.42. The van der Waals surface area contributed by atoms with Crippen LogP contribution in [0.3, 0.4) is 0 Å². The Balaban J connectivity index is 2.16. The van der Waals surface area contributed by atoms with Crippen molar-refractivity contribution < 1.29 is 9.53 Å². The maximum absolute atomic E-state index is 11.4. The first kappa shape index (κ1) is 13.5.